The van der Waals surface area contributed by atoms with Gasteiger partial charge < -0.3 is 0 Å². The molecule has 1 saturated heterocycles. The van der Waals surface area contributed by atoms with Crippen molar-refractivity contribution >= 4 is 23.6 Å². The molecule has 1 N–H and O–H groups in total. The highest BCUT2D eigenvalue weighted by atomic mass is 32.2. The molecular formula is C13H22N2O2S. The van der Waals surface area contributed by atoms with Gasteiger partial charge in [0.1, 0.15) is 5.37 Å². The molecule has 1 unspecified atom stereocenters. The van der Waals surface area contributed by atoms with Crippen molar-refractivity contribution in [2.45, 2.75) is 51.3 Å². The summed E-state index contributed by atoms with van der Waals surface area (Å²) in [4.78, 5) is 24.0. The Labute approximate surface area is 113 Å². The molecule has 2 fully saturated rings. The Bertz CT molecular complexity index is 327. The molecule has 4 nitrogen and oxygen atoms in total. The van der Waals surface area contributed by atoms with Gasteiger partial charge in [-0.15, -0.1) is 11.8 Å². The Morgan fingerprint density at radius 2 is 2.00 bits per heavy atom. The van der Waals surface area contributed by atoms with Gasteiger partial charge in [-0.1, -0.05) is 33.1 Å². The minimum Gasteiger partial charge on any atom is -0.273 e. The van der Waals surface area contributed by atoms with Crippen LogP contribution in [0.25, 0.3) is 0 Å². The molecule has 2 rings (SSSR count). The second-order valence-electron chi connectivity index (χ2n) is 5.52. The Morgan fingerprint density at radius 1 is 1.33 bits per heavy atom. The summed E-state index contributed by atoms with van der Waals surface area (Å²) < 4.78 is 0. The van der Waals surface area contributed by atoms with Crippen LogP contribution in [0.5, 0.6) is 0 Å². The summed E-state index contributed by atoms with van der Waals surface area (Å²) in [5, 5.41) is 1.65. The predicted molar refractivity (Wildman–Crippen MR) is 72.6 cm³/mol. The minimum absolute atomic E-state index is 0.0304. The molecule has 2 aliphatic rings. The van der Waals surface area contributed by atoms with E-state index in [1.807, 2.05) is 0 Å². The first-order chi connectivity index (χ1) is 8.59. The fourth-order valence-electron chi connectivity index (χ4n) is 2.63. The standard InChI is InChI=1S/C13H22N2O2S/c1-9(2)13-15(11(16)8-18-13)14-12(17)10-6-4-3-5-7-10/h9-10,13H,3-8H2,1-2H3,(H,14,17). The van der Waals surface area contributed by atoms with Crippen LogP contribution in [0.15, 0.2) is 0 Å². The maximum atomic E-state index is 12.2. The van der Waals surface area contributed by atoms with Crippen LogP contribution in [0.4, 0.5) is 0 Å². The van der Waals surface area contributed by atoms with Gasteiger partial charge in [0.15, 0.2) is 0 Å². The monoisotopic (exact) mass is 270 g/mol. The van der Waals surface area contributed by atoms with E-state index in [9.17, 15) is 9.59 Å². The fraction of sp³-hybridized carbons (Fsp3) is 0.846. The third kappa shape index (κ3) is 2.99. The van der Waals surface area contributed by atoms with Crippen LogP contribution in [-0.2, 0) is 9.59 Å². The lowest BCUT2D eigenvalue weighted by Crippen LogP contribution is -2.51. The lowest BCUT2D eigenvalue weighted by atomic mass is 9.89. The highest BCUT2D eigenvalue weighted by Crippen LogP contribution is 2.30. The second-order valence-corrected chi connectivity index (χ2v) is 6.63. The van der Waals surface area contributed by atoms with E-state index >= 15 is 0 Å². The number of hydrogen-bond donors (Lipinski definition) is 1. The third-order valence-corrected chi connectivity index (χ3v) is 5.19. The van der Waals surface area contributed by atoms with E-state index in [1.54, 1.807) is 16.8 Å². The molecule has 0 bridgehead atoms. The quantitative estimate of drug-likeness (QED) is 0.855. The van der Waals surface area contributed by atoms with E-state index in [0.717, 1.165) is 25.7 Å². The van der Waals surface area contributed by atoms with Gasteiger partial charge >= 0.3 is 0 Å². The number of amides is 2. The molecule has 0 aromatic heterocycles. The average Bonchev–Trinajstić information content (AvgIpc) is 2.72. The Morgan fingerprint density at radius 3 is 2.61 bits per heavy atom. The van der Waals surface area contributed by atoms with E-state index in [-0.39, 0.29) is 23.1 Å². The summed E-state index contributed by atoms with van der Waals surface area (Å²) in [6.45, 7) is 4.16. The van der Waals surface area contributed by atoms with Crippen molar-refractivity contribution in [2.75, 3.05) is 5.75 Å². The first-order valence-corrected chi connectivity index (χ1v) is 7.88. The number of nitrogens with one attached hydrogen (secondary N) is 1. The number of thioether (sulfide) groups is 1. The molecule has 1 aliphatic heterocycles. The van der Waals surface area contributed by atoms with Gasteiger partial charge in [-0.3, -0.25) is 15.0 Å². The molecule has 1 atom stereocenters. The first kappa shape index (κ1) is 13.7. The maximum absolute atomic E-state index is 12.2. The largest absolute Gasteiger partial charge is 0.273 e. The molecule has 5 heteroatoms. The molecule has 1 aliphatic carbocycles. The lowest BCUT2D eigenvalue weighted by Gasteiger charge is -2.29. The molecule has 18 heavy (non-hydrogen) atoms. The van der Waals surface area contributed by atoms with Crippen molar-refractivity contribution < 1.29 is 9.59 Å². The van der Waals surface area contributed by atoms with E-state index in [0.29, 0.717) is 11.7 Å². The van der Waals surface area contributed by atoms with Crippen LogP contribution in [0, 0.1) is 11.8 Å². The number of carbonyl (C=O) groups excluding carboxylic acids is 2. The van der Waals surface area contributed by atoms with Crippen LogP contribution < -0.4 is 5.43 Å². The fourth-order valence-corrected chi connectivity index (χ4v) is 3.79. The molecule has 0 aromatic rings. The Hall–Kier alpha value is -0.710. The maximum Gasteiger partial charge on any atom is 0.252 e. The summed E-state index contributed by atoms with van der Waals surface area (Å²) in [6, 6.07) is 0. The van der Waals surface area contributed by atoms with Gasteiger partial charge in [-0.2, -0.15) is 0 Å². The van der Waals surface area contributed by atoms with Gasteiger partial charge in [0.25, 0.3) is 5.91 Å². The van der Waals surface area contributed by atoms with Gasteiger partial charge in [0.2, 0.25) is 5.91 Å². The summed E-state index contributed by atoms with van der Waals surface area (Å²) in [6.07, 6.45) is 5.43. The topological polar surface area (TPSA) is 49.4 Å². The van der Waals surface area contributed by atoms with Crippen molar-refractivity contribution in [3.63, 3.8) is 0 Å². The van der Waals surface area contributed by atoms with Crippen LogP contribution >= 0.6 is 11.8 Å². The molecular weight excluding hydrogens is 248 g/mol. The highest BCUT2D eigenvalue weighted by Gasteiger charge is 2.36. The van der Waals surface area contributed by atoms with Crippen LogP contribution in [0.3, 0.4) is 0 Å². The van der Waals surface area contributed by atoms with E-state index in [4.69, 9.17) is 0 Å². The van der Waals surface area contributed by atoms with Crippen molar-refractivity contribution in [1.29, 1.82) is 0 Å². The van der Waals surface area contributed by atoms with Gasteiger partial charge in [-0.25, -0.2) is 5.01 Å². The third-order valence-electron chi connectivity index (χ3n) is 3.68. The zero-order chi connectivity index (χ0) is 13.1. The van der Waals surface area contributed by atoms with Crippen LogP contribution in [0.2, 0.25) is 0 Å². The smallest absolute Gasteiger partial charge is 0.252 e. The number of hydrazine groups is 1. The molecule has 2 amide bonds. The number of rotatable bonds is 3. The second kappa shape index (κ2) is 5.95. The summed E-state index contributed by atoms with van der Waals surface area (Å²) in [5.74, 6) is 1.01. The van der Waals surface area contributed by atoms with Gasteiger partial charge in [0.05, 0.1) is 5.75 Å². The molecule has 102 valence electrons. The Balaban J connectivity index is 1.94. The summed E-state index contributed by atoms with van der Waals surface area (Å²) in [5.41, 5.74) is 2.85. The predicted octanol–water partition coefficient (Wildman–Crippen LogP) is 2.16. The van der Waals surface area contributed by atoms with E-state index in [2.05, 4.69) is 19.3 Å². The molecule has 0 aromatic carbocycles. The first-order valence-electron chi connectivity index (χ1n) is 6.83. The van der Waals surface area contributed by atoms with Gasteiger partial charge in [-0.05, 0) is 18.8 Å². The molecule has 1 heterocycles. The van der Waals surface area contributed by atoms with Crippen molar-refractivity contribution in [3.8, 4) is 0 Å². The van der Waals surface area contributed by atoms with Crippen molar-refractivity contribution in [2.24, 2.45) is 11.8 Å². The van der Waals surface area contributed by atoms with Crippen LogP contribution in [0.1, 0.15) is 46.0 Å². The zero-order valence-corrected chi connectivity index (χ0v) is 12.0. The van der Waals surface area contributed by atoms with Crippen molar-refractivity contribution in [1.82, 2.24) is 10.4 Å². The number of nitrogens with zero attached hydrogens (tertiary/aromatic N) is 1. The minimum atomic E-state index is 0.0304. The normalized spacial score (nSPS) is 25.8. The van der Waals surface area contributed by atoms with Gasteiger partial charge in [0, 0.05) is 5.92 Å². The molecule has 0 spiro atoms. The molecule has 1 saturated carbocycles. The zero-order valence-electron chi connectivity index (χ0n) is 11.1. The SMILES string of the molecule is CC(C)C1SCC(=O)N1NC(=O)C1CCCCC1. The Kier molecular flexibility index (Phi) is 4.54. The lowest BCUT2D eigenvalue weighted by molar-refractivity contribution is -0.142. The van der Waals surface area contributed by atoms with Crippen molar-refractivity contribution in [3.05, 3.63) is 0 Å². The number of carbonyl (C=O) groups is 2. The van der Waals surface area contributed by atoms with E-state index < -0.39 is 0 Å². The molecule has 0 radical (unpaired) electrons. The summed E-state index contributed by atoms with van der Waals surface area (Å²) in [7, 11) is 0. The number of hydrogen-bond acceptors (Lipinski definition) is 3. The summed E-state index contributed by atoms with van der Waals surface area (Å²) >= 11 is 1.62. The average molecular weight is 270 g/mol. The van der Waals surface area contributed by atoms with Crippen LogP contribution in [-0.4, -0.2) is 27.9 Å². The van der Waals surface area contributed by atoms with E-state index in [1.165, 1.54) is 6.42 Å². The highest BCUT2D eigenvalue weighted by molar-refractivity contribution is 8.01.